The summed E-state index contributed by atoms with van der Waals surface area (Å²) >= 11 is 0. The number of nitrogens with one attached hydrogen (secondary N) is 1. The summed E-state index contributed by atoms with van der Waals surface area (Å²) in [6.45, 7) is 5.60. The average molecular weight is 393 g/mol. The third-order valence-corrected chi connectivity index (χ3v) is 6.02. The van der Waals surface area contributed by atoms with E-state index in [9.17, 15) is 9.59 Å². The van der Waals surface area contributed by atoms with Crippen LogP contribution in [0.4, 0.5) is 0 Å². The van der Waals surface area contributed by atoms with E-state index in [-0.39, 0.29) is 29.7 Å². The summed E-state index contributed by atoms with van der Waals surface area (Å²) in [5.41, 5.74) is 2.00. The van der Waals surface area contributed by atoms with Crippen LogP contribution in [0.5, 0.6) is 0 Å². The zero-order chi connectivity index (χ0) is 20.6. The van der Waals surface area contributed by atoms with Crippen LogP contribution in [-0.4, -0.2) is 35.8 Å². The van der Waals surface area contributed by atoms with Crippen LogP contribution in [-0.2, 0) is 9.59 Å². The van der Waals surface area contributed by atoms with Gasteiger partial charge < -0.3 is 10.2 Å². The van der Waals surface area contributed by atoms with Gasteiger partial charge in [0.25, 0.3) is 0 Å². The minimum Gasteiger partial charge on any atom is -0.352 e. The van der Waals surface area contributed by atoms with E-state index in [0.717, 1.165) is 49.9 Å². The molecule has 0 saturated carbocycles. The van der Waals surface area contributed by atoms with E-state index in [2.05, 4.69) is 19.2 Å². The van der Waals surface area contributed by atoms with E-state index in [1.54, 1.807) is 0 Å². The van der Waals surface area contributed by atoms with Crippen molar-refractivity contribution in [2.45, 2.75) is 51.5 Å². The molecule has 0 aliphatic carbocycles. The van der Waals surface area contributed by atoms with Crippen molar-refractivity contribution < 1.29 is 9.59 Å². The van der Waals surface area contributed by atoms with Crippen LogP contribution >= 0.6 is 0 Å². The first-order valence-corrected chi connectivity index (χ1v) is 10.8. The molecular formula is C25H32N2O2. The zero-order valence-electron chi connectivity index (χ0n) is 17.5. The summed E-state index contributed by atoms with van der Waals surface area (Å²) in [6.07, 6.45) is 3.41. The summed E-state index contributed by atoms with van der Waals surface area (Å²) in [7, 11) is 0. The van der Waals surface area contributed by atoms with Crippen LogP contribution in [0.1, 0.15) is 56.6 Å². The molecule has 0 spiro atoms. The number of amides is 2. The lowest BCUT2D eigenvalue weighted by Crippen LogP contribution is -2.48. The molecule has 2 aromatic carbocycles. The van der Waals surface area contributed by atoms with Gasteiger partial charge in [0.2, 0.25) is 11.8 Å². The first kappa shape index (κ1) is 21.1. The lowest BCUT2D eigenvalue weighted by molar-refractivity contribution is -0.137. The summed E-state index contributed by atoms with van der Waals surface area (Å²) < 4.78 is 0. The van der Waals surface area contributed by atoms with E-state index < -0.39 is 0 Å². The van der Waals surface area contributed by atoms with Gasteiger partial charge in [-0.3, -0.25) is 9.59 Å². The van der Waals surface area contributed by atoms with Crippen molar-refractivity contribution in [2.24, 2.45) is 5.92 Å². The van der Waals surface area contributed by atoms with Gasteiger partial charge in [0.05, 0.1) is 5.92 Å². The van der Waals surface area contributed by atoms with Crippen LogP contribution in [0.2, 0.25) is 0 Å². The van der Waals surface area contributed by atoms with Gasteiger partial charge in [-0.25, -0.2) is 0 Å². The molecule has 3 rings (SSSR count). The molecule has 0 atom stereocenters. The van der Waals surface area contributed by atoms with Gasteiger partial charge in [0.1, 0.15) is 0 Å². The Morgan fingerprint density at radius 1 is 0.897 bits per heavy atom. The van der Waals surface area contributed by atoms with Gasteiger partial charge in [-0.15, -0.1) is 0 Å². The van der Waals surface area contributed by atoms with E-state index in [1.807, 2.05) is 65.6 Å². The lowest BCUT2D eigenvalue weighted by atomic mass is 9.90. The first-order chi connectivity index (χ1) is 14.1. The molecule has 4 nitrogen and oxygen atoms in total. The molecular weight excluding hydrogens is 360 g/mol. The van der Waals surface area contributed by atoms with Crippen molar-refractivity contribution in [2.75, 3.05) is 13.1 Å². The number of rotatable bonds is 7. The highest BCUT2D eigenvalue weighted by Gasteiger charge is 2.29. The average Bonchev–Trinajstić information content (AvgIpc) is 2.77. The predicted molar refractivity (Wildman–Crippen MR) is 117 cm³/mol. The Labute approximate surface area is 174 Å². The second kappa shape index (κ2) is 10.2. The molecule has 2 aromatic rings. The lowest BCUT2D eigenvalue weighted by Gasteiger charge is -2.35. The molecule has 1 saturated heterocycles. The van der Waals surface area contributed by atoms with Gasteiger partial charge in [0.15, 0.2) is 0 Å². The largest absolute Gasteiger partial charge is 0.352 e. The molecule has 0 aromatic heterocycles. The number of piperidine rings is 1. The SMILES string of the molecule is CCC(CC)C(=O)N1CCC(NC(=O)C(c2ccccc2)c2ccccc2)CC1. The van der Waals surface area contributed by atoms with Crippen molar-refractivity contribution in [3.05, 3.63) is 71.8 Å². The minimum absolute atomic E-state index is 0.0344. The van der Waals surface area contributed by atoms with Gasteiger partial charge in [-0.05, 0) is 36.8 Å². The Hall–Kier alpha value is -2.62. The maximum absolute atomic E-state index is 13.2. The molecule has 2 amide bonds. The van der Waals surface area contributed by atoms with Crippen LogP contribution in [0.3, 0.4) is 0 Å². The fourth-order valence-corrected chi connectivity index (χ4v) is 4.21. The maximum Gasteiger partial charge on any atom is 0.232 e. The zero-order valence-corrected chi connectivity index (χ0v) is 17.5. The second-order valence-electron chi connectivity index (χ2n) is 7.88. The van der Waals surface area contributed by atoms with Crippen molar-refractivity contribution in [3.63, 3.8) is 0 Å². The molecule has 1 aliphatic heterocycles. The van der Waals surface area contributed by atoms with E-state index in [4.69, 9.17) is 0 Å². The summed E-state index contributed by atoms with van der Waals surface area (Å²) in [6, 6.07) is 20.0. The number of likely N-dealkylation sites (tertiary alicyclic amines) is 1. The Kier molecular flexibility index (Phi) is 7.45. The van der Waals surface area contributed by atoms with Gasteiger partial charge in [-0.2, -0.15) is 0 Å². The molecule has 4 heteroatoms. The molecule has 0 radical (unpaired) electrons. The van der Waals surface area contributed by atoms with Crippen molar-refractivity contribution in [1.82, 2.24) is 10.2 Å². The van der Waals surface area contributed by atoms with Gasteiger partial charge in [0, 0.05) is 25.0 Å². The van der Waals surface area contributed by atoms with Crippen LogP contribution in [0.15, 0.2) is 60.7 Å². The molecule has 1 aliphatic rings. The Bertz CT molecular complexity index is 739. The van der Waals surface area contributed by atoms with Crippen LogP contribution < -0.4 is 5.32 Å². The number of hydrogen-bond donors (Lipinski definition) is 1. The first-order valence-electron chi connectivity index (χ1n) is 10.8. The van der Waals surface area contributed by atoms with E-state index in [1.165, 1.54) is 0 Å². The Morgan fingerprint density at radius 2 is 1.38 bits per heavy atom. The topological polar surface area (TPSA) is 49.4 Å². The summed E-state index contributed by atoms with van der Waals surface area (Å²) in [4.78, 5) is 27.8. The van der Waals surface area contributed by atoms with Gasteiger partial charge in [-0.1, -0.05) is 74.5 Å². The number of nitrogens with zero attached hydrogens (tertiary/aromatic N) is 1. The monoisotopic (exact) mass is 392 g/mol. The molecule has 1 N–H and O–H groups in total. The highest BCUT2D eigenvalue weighted by atomic mass is 16.2. The normalized spacial score (nSPS) is 15.0. The third kappa shape index (κ3) is 5.26. The summed E-state index contributed by atoms with van der Waals surface area (Å²) in [5, 5.41) is 3.26. The van der Waals surface area contributed by atoms with Crippen LogP contribution in [0, 0.1) is 5.92 Å². The number of hydrogen-bond acceptors (Lipinski definition) is 2. The van der Waals surface area contributed by atoms with Gasteiger partial charge >= 0.3 is 0 Å². The Balaban J connectivity index is 1.65. The number of benzene rings is 2. The molecule has 1 heterocycles. The molecule has 154 valence electrons. The van der Waals surface area contributed by atoms with Crippen molar-refractivity contribution in [1.29, 1.82) is 0 Å². The molecule has 0 bridgehead atoms. The number of carbonyl (C=O) groups excluding carboxylic acids is 2. The molecule has 0 unspecified atom stereocenters. The fraction of sp³-hybridized carbons (Fsp3) is 0.440. The van der Waals surface area contributed by atoms with Crippen LogP contribution in [0.25, 0.3) is 0 Å². The summed E-state index contributed by atoms with van der Waals surface area (Å²) in [5.74, 6) is 0.113. The quantitative estimate of drug-likeness (QED) is 0.761. The fourth-order valence-electron chi connectivity index (χ4n) is 4.21. The van der Waals surface area contributed by atoms with E-state index in [0.29, 0.717) is 0 Å². The highest BCUT2D eigenvalue weighted by Crippen LogP contribution is 2.26. The Morgan fingerprint density at radius 3 is 1.83 bits per heavy atom. The maximum atomic E-state index is 13.2. The van der Waals surface area contributed by atoms with Crippen molar-refractivity contribution >= 4 is 11.8 Å². The second-order valence-corrected chi connectivity index (χ2v) is 7.88. The predicted octanol–water partition coefficient (Wildman–Crippen LogP) is 4.36. The smallest absolute Gasteiger partial charge is 0.232 e. The standard InChI is InChI=1S/C25H32N2O2/c1-3-19(4-2)25(29)27-17-15-22(16-18-27)26-24(28)23(20-11-7-5-8-12-20)21-13-9-6-10-14-21/h5-14,19,22-23H,3-4,15-18H2,1-2H3,(H,26,28). The molecule has 29 heavy (non-hydrogen) atoms. The third-order valence-electron chi connectivity index (χ3n) is 6.02. The molecule has 1 fully saturated rings. The minimum atomic E-state index is -0.318. The number of carbonyl (C=O) groups is 2. The highest BCUT2D eigenvalue weighted by molar-refractivity contribution is 5.87. The van der Waals surface area contributed by atoms with Crippen molar-refractivity contribution in [3.8, 4) is 0 Å². The van der Waals surface area contributed by atoms with E-state index >= 15 is 0 Å².